The van der Waals surface area contributed by atoms with E-state index in [9.17, 15) is 0 Å². The molecule has 0 aromatic carbocycles. The third kappa shape index (κ3) is 3.47. The van der Waals surface area contributed by atoms with Gasteiger partial charge in [0.2, 0.25) is 0 Å². The summed E-state index contributed by atoms with van der Waals surface area (Å²) >= 11 is 0. The molecule has 3 atom stereocenters. The average molecular weight is 262 g/mol. The summed E-state index contributed by atoms with van der Waals surface area (Å²) in [7, 11) is 1.70. The predicted molar refractivity (Wildman–Crippen MR) is 78.3 cm³/mol. The van der Waals surface area contributed by atoms with Crippen LogP contribution in [0.5, 0.6) is 5.75 Å². The topological polar surface area (TPSA) is 34.2 Å². The van der Waals surface area contributed by atoms with E-state index < -0.39 is 0 Å². The Bertz CT molecular complexity index is 394. The highest BCUT2D eigenvalue weighted by atomic mass is 16.5. The minimum absolute atomic E-state index is 0.421. The quantitative estimate of drug-likeness (QED) is 0.851. The molecule has 1 saturated carbocycles. The van der Waals surface area contributed by atoms with E-state index in [2.05, 4.69) is 30.2 Å². The smallest absolute Gasteiger partial charge is 0.137 e. The van der Waals surface area contributed by atoms with E-state index in [0.29, 0.717) is 6.04 Å². The first kappa shape index (κ1) is 14.3. The summed E-state index contributed by atoms with van der Waals surface area (Å²) in [5.74, 6) is 2.49. The lowest BCUT2D eigenvalue weighted by molar-refractivity contribution is 0.355. The number of methoxy groups -OCH3 is 1. The van der Waals surface area contributed by atoms with Crippen LogP contribution in [0.2, 0.25) is 0 Å². The maximum atomic E-state index is 5.30. The normalized spacial score (nSPS) is 24.4. The summed E-state index contributed by atoms with van der Waals surface area (Å²) in [6.45, 7) is 5.48. The number of rotatable bonds is 6. The van der Waals surface area contributed by atoms with Crippen LogP contribution in [0.25, 0.3) is 0 Å². The van der Waals surface area contributed by atoms with E-state index in [1.165, 1.54) is 31.2 Å². The highest BCUT2D eigenvalue weighted by Crippen LogP contribution is 2.40. The SMILES string of the molecule is CCNC(c1cncc(OC)c1)C1CCC(CC)C1. The number of hydrogen-bond acceptors (Lipinski definition) is 3. The van der Waals surface area contributed by atoms with Gasteiger partial charge in [0.15, 0.2) is 0 Å². The second-order valence-corrected chi connectivity index (χ2v) is 5.54. The molecule has 0 bridgehead atoms. The molecule has 1 N–H and O–H groups in total. The van der Waals surface area contributed by atoms with E-state index in [1.807, 2.05) is 6.20 Å². The zero-order chi connectivity index (χ0) is 13.7. The van der Waals surface area contributed by atoms with Gasteiger partial charge in [-0.2, -0.15) is 0 Å². The minimum atomic E-state index is 0.421. The van der Waals surface area contributed by atoms with E-state index in [-0.39, 0.29) is 0 Å². The fourth-order valence-electron chi connectivity index (χ4n) is 3.28. The van der Waals surface area contributed by atoms with Crippen LogP contribution < -0.4 is 10.1 Å². The van der Waals surface area contributed by atoms with Gasteiger partial charge in [-0.1, -0.05) is 26.7 Å². The summed E-state index contributed by atoms with van der Waals surface area (Å²) in [6, 6.07) is 2.55. The Morgan fingerprint density at radius 1 is 1.37 bits per heavy atom. The van der Waals surface area contributed by atoms with Crippen molar-refractivity contribution < 1.29 is 4.74 Å². The lowest BCUT2D eigenvalue weighted by atomic mass is 9.91. The molecule has 1 aliphatic carbocycles. The third-order valence-corrected chi connectivity index (χ3v) is 4.38. The molecule has 3 heteroatoms. The molecular weight excluding hydrogens is 236 g/mol. The van der Waals surface area contributed by atoms with Crippen molar-refractivity contribution in [3.8, 4) is 5.75 Å². The molecule has 0 radical (unpaired) electrons. The molecule has 1 aliphatic rings. The van der Waals surface area contributed by atoms with Gasteiger partial charge in [-0.05, 0) is 42.9 Å². The fourth-order valence-corrected chi connectivity index (χ4v) is 3.28. The molecule has 0 spiro atoms. The number of aromatic nitrogens is 1. The number of ether oxygens (including phenoxy) is 1. The molecule has 2 rings (SSSR count). The van der Waals surface area contributed by atoms with Crippen molar-refractivity contribution in [2.75, 3.05) is 13.7 Å². The van der Waals surface area contributed by atoms with Crippen LogP contribution in [-0.2, 0) is 0 Å². The number of nitrogens with one attached hydrogen (secondary N) is 1. The zero-order valence-electron chi connectivity index (χ0n) is 12.4. The van der Waals surface area contributed by atoms with Crippen molar-refractivity contribution in [1.29, 1.82) is 0 Å². The largest absolute Gasteiger partial charge is 0.495 e. The fraction of sp³-hybridized carbons (Fsp3) is 0.688. The second kappa shape index (κ2) is 6.90. The Morgan fingerprint density at radius 3 is 2.84 bits per heavy atom. The molecule has 1 fully saturated rings. The number of hydrogen-bond donors (Lipinski definition) is 1. The zero-order valence-corrected chi connectivity index (χ0v) is 12.4. The van der Waals surface area contributed by atoms with Crippen LogP contribution in [0.3, 0.4) is 0 Å². The Kier molecular flexibility index (Phi) is 5.20. The molecule has 1 aromatic heterocycles. The van der Waals surface area contributed by atoms with Gasteiger partial charge in [-0.3, -0.25) is 4.98 Å². The van der Waals surface area contributed by atoms with Gasteiger partial charge in [0.05, 0.1) is 13.3 Å². The van der Waals surface area contributed by atoms with Gasteiger partial charge < -0.3 is 10.1 Å². The lowest BCUT2D eigenvalue weighted by Gasteiger charge is -2.25. The summed E-state index contributed by atoms with van der Waals surface area (Å²) in [4.78, 5) is 4.30. The van der Waals surface area contributed by atoms with Gasteiger partial charge >= 0.3 is 0 Å². The first-order valence-corrected chi connectivity index (χ1v) is 7.50. The van der Waals surface area contributed by atoms with Gasteiger partial charge in [0.25, 0.3) is 0 Å². The van der Waals surface area contributed by atoms with Gasteiger partial charge in [-0.15, -0.1) is 0 Å². The highest BCUT2D eigenvalue weighted by molar-refractivity contribution is 5.26. The minimum Gasteiger partial charge on any atom is -0.495 e. The van der Waals surface area contributed by atoms with Crippen LogP contribution in [0, 0.1) is 11.8 Å². The molecule has 0 saturated heterocycles. The van der Waals surface area contributed by atoms with E-state index >= 15 is 0 Å². The standard InChI is InChI=1S/C16H26N2O/c1-4-12-6-7-13(8-12)16(18-5-2)14-9-15(19-3)11-17-10-14/h9-13,16,18H,4-8H2,1-3H3. The molecule has 1 aromatic rings. The Morgan fingerprint density at radius 2 is 2.21 bits per heavy atom. The molecule has 3 unspecified atom stereocenters. The predicted octanol–water partition coefficient (Wildman–Crippen LogP) is 3.57. The summed E-state index contributed by atoms with van der Waals surface area (Å²) in [6.07, 6.45) is 9.11. The van der Waals surface area contributed by atoms with Crippen molar-refractivity contribution in [1.82, 2.24) is 10.3 Å². The second-order valence-electron chi connectivity index (χ2n) is 5.54. The molecule has 106 valence electrons. The van der Waals surface area contributed by atoms with E-state index in [4.69, 9.17) is 4.74 Å². The monoisotopic (exact) mass is 262 g/mol. The van der Waals surface area contributed by atoms with Gasteiger partial charge in [0.1, 0.15) is 5.75 Å². The number of pyridine rings is 1. The summed E-state index contributed by atoms with van der Waals surface area (Å²) < 4.78 is 5.30. The van der Waals surface area contributed by atoms with Gasteiger partial charge in [-0.25, -0.2) is 0 Å². The van der Waals surface area contributed by atoms with Crippen LogP contribution >= 0.6 is 0 Å². The van der Waals surface area contributed by atoms with Crippen molar-refractivity contribution in [3.05, 3.63) is 24.0 Å². The van der Waals surface area contributed by atoms with E-state index in [1.54, 1.807) is 13.3 Å². The molecule has 1 heterocycles. The highest BCUT2D eigenvalue weighted by Gasteiger charge is 2.30. The van der Waals surface area contributed by atoms with Gasteiger partial charge in [0, 0.05) is 12.2 Å². The lowest BCUT2D eigenvalue weighted by Crippen LogP contribution is -2.27. The van der Waals surface area contributed by atoms with E-state index in [0.717, 1.165) is 24.1 Å². The number of nitrogens with zero attached hydrogens (tertiary/aromatic N) is 1. The molecular formula is C16H26N2O. The summed E-state index contributed by atoms with van der Waals surface area (Å²) in [5.41, 5.74) is 1.27. The molecule has 0 amide bonds. The van der Waals surface area contributed by atoms with Crippen molar-refractivity contribution in [2.45, 2.75) is 45.6 Å². The van der Waals surface area contributed by atoms with Crippen LogP contribution in [-0.4, -0.2) is 18.6 Å². The average Bonchev–Trinajstić information content (AvgIpc) is 2.93. The Hall–Kier alpha value is -1.09. The Balaban J connectivity index is 2.14. The van der Waals surface area contributed by atoms with Crippen molar-refractivity contribution in [2.24, 2.45) is 11.8 Å². The van der Waals surface area contributed by atoms with Crippen molar-refractivity contribution >= 4 is 0 Å². The first-order chi connectivity index (χ1) is 9.28. The molecule has 0 aliphatic heterocycles. The van der Waals surface area contributed by atoms with Crippen LogP contribution in [0.4, 0.5) is 0 Å². The Labute approximate surface area is 116 Å². The van der Waals surface area contributed by atoms with Crippen LogP contribution in [0.15, 0.2) is 18.5 Å². The van der Waals surface area contributed by atoms with Crippen molar-refractivity contribution in [3.63, 3.8) is 0 Å². The maximum absolute atomic E-state index is 5.30. The summed E-state index contributed by atoms with van der Waals surface area (Å²) in [5, 5.41) is 3.64. The maximum Gasteiger partial charge on any atom is 0.137 e. The molecule has 19 heavy (non-hydrogen) atoms. The first-order valence-electron chi connectivity index (χ1n) is 7.50. The van der Waals surface area contributed by atoms with Crippen LogP contribution in [0.1, 0.15) is 51.1 Å². The molecule has 3 nitrogen and oxygen atoms in total. The third-order valence-electron chi connectivity index (χ3n) is 4.38.